The molecule has 3 amide bonds. The topological polar surface area (TPSA) is 59.1 Å². The number of piperazine rings is 1. The predicted molar refractivity (Wildman–Crippen MR) is 124 cm³/mol. The maximum Gasteiger partial charge on any atom is 0.321 e. The van der Waals surface area contributed by atoms with Crippen LogP contribution in [0, 0.1) is 5.82 Å². The number of hydrogen-bond acceptors (Lipinski definition) is 4. The van der Waals surface area contributed by atoms with Crippen molar-refractivity contribution in [3.63, 3.8) is 0 Å². The average Bonchev–Trinajstić information content (AvgIpc) is 3.04. The normalized spacial score (nSPS) is 23.1. The van der Waals surface area contributed by atoms with Gasteiger partial charge in [-0.3, -0.25) is 9.69 Å². The van der Waals surface area contributed by atoms with E-state index in [1.807, 2.05) is 18.2 Å². The van der Waals surface area contributed by atoms with Gasteiger partial charge in [-0.05, 0) is 36.9 Å². The van der Waals surface area contributed by atoms with Gasteiger partial charge in [-0.15, -0.1) is 0 Å². The van der Waals surface area contributed by atoms with Gasteiger partial charge in [-0.1, -0.05) is 30.3 Å². The summed E-state index contributed by atoms with van der Waals surface area (Å²) in [5.41, 5.74) is 1.32. The zero-order valence-electron chi connectivity index (χ0n) is 18.9. The standard InChI is InChI=1S/C25H30FN5O2/c1-28-15-16-30-22(18-28)23(32)31(17-19-5-3-2-4-6-19)25(30)11-13-29(14-12-25)24(33)27-21-9-7-20(26)8-10-21/h2-10,22H,11-18H2,1H3,(H,27,33)/t22-/m1/s1. The number of piperidine rings is 1. The fourth-order valence-corrected chi connectivity index (χ4v) is 5.52. The van der Waals surface area contributed by atoms with E-state index in [0.29, 0.717) is 38.2 Å². The first-order valence-corrected chi connectivity index (χ1v) is 11.6. The zero-order valence-corrected chi connectivity index (χ0v) is 18.9. The molecular formula is C25H30FN5O2. The minimum absolute atomic E-state index is 0.132. The van der Waals surface area contributed by atoms with Crippen LogP contribution >= 0.6 is 0 Å². The Morgan fingerprint density at radius 3 is 2.42 bits per heavy atom. The number of hydrogen-bond donors (Lipinski definition) is 1. The van der Waals surface area contributed by atoms with Crippen molar-refractivity contribution in [1.82, 2.24) is 19.6 Å². The second-order valence-corrected chi connectivity index (χ2v) is 9.29. The van der Waals surface area contributed by atoms with Crippen molar-refractivity contribution in [3.05, 3.63) is 66.0 Å². The first kappa shape index (κ1) is 21.9. The summed E-state index contributed by atoms with van der Waals surface area (Å²) in [6.45, 7) is 4.22. The molecule has 2 aromatic carbocycles. The summed E-state index contributed by atoms with van der Waals surface area (Å²) >= 11 is 0. The smallest absolute Gasteiger partial charge is 0.321 e. The Morgan fingerprint density at radius 2 is 1.73 bits per heavy atom. The van der Waals surface area contributed by atoms with E-state index in [9.17, 15) is 14.0 Å². The summed E-state index contributed by atoms with van der Waals surface area (Å²) in [5.74, 6) is -0.145. The maximum absolute atomic E-state index is 13.6. The molecule has 33 heavy (non-hydrogen) atoms. The van der Waals surface area contributed by atoms with Crippen LogP contribution in [0.2, 0.25) is 0 Å². The number of rotatable bonds is 3. The Kier molecular flexibility index (Phi) is 5.80. The van der Waals surface area contributed by atoms with Gasteiger partial charge in [-0.2, -0.15) is 0 Å². The van der Waals surface area contributed by atoms with E-state index in [0.717, 1.165) is 25.2 Å². The van der Waals surface area contributed by atoms with Gasteiger partial charge in [0.2, 0.25) is 5.91 Å². The highest BCUT2D eigenvalue weighted by Gasteiger charge is 2.58. The molecule has 0 radical (unpaired) electrons. The summed E-state index contributed by atoms with van der Waals surface area (Å²) < 4.78 is 13.2. The second-order valence-electron chi connectivity index (χ2n) is 9.29. The van der Waals surface area contributed by atoms with Crippen molar-refractivity contribution >= 4 is 17.6 Å². The van der Waals surface area contributed by atoms with Crippen molar-refractivity contribution in [2.75, 3.05) is 45.1 Å². The lowest BCUT2D eigenvalue weighted by atomic mass is 9.93. The lowest BCUT2D eigenvalue weighted by molar-refractivity contribution is -0.134. The highest BCUT2D eigenvalue weighted by atomic mass is 19.1. The molecule has 3 aliphatic rings. The maximum atomic E-state index is 13.6. The SMILES string of the molecule is CN1CCN2[C@H](C1)C(=O)N(Cc1ccccc1)C21CCN(C(=O)Nc2ccc(F)cc2)CC1. The van der Waals surface area contributed by atoms with E-state index in [1.165, 1.54) is 12.1 Å². The van der Waals surface area contributed by atoms with Crippen LogP contribution in [0.15, 0.2) is 54.6 Å². The average molecular weight is 452 g/mol. The van der Waals surface area contributed by atoms with E-state index in [-0.39, 0.29) is 29.5 Å². The van der Waals surface area contributed by atoms with E-state index in [2.05, 4.69) is 39.2 Å². The van der Waals surface area contributed by atoms with E-state index >= 15 is 0 Å². The predicted octanol–water partition coefficient (Wildman–Crippen LogP) is 2.81. The van der Waals surface area contributed by atoms with Gasteiger partial charge in [0.1, 0.15) is 17.5 Å². The quantitative estimate of drug-likeness (QED) is 0.780. The molecule has 0 aromatic heterocycles. The molecule has 174 valence electrons. The van der Waals surface area contributed by atoms with Crippen LogP contribution in [0.4, 0.5) is 14.9 Å². The number of halogens is 1. The van der Waals surface area contributed by atoms with Gasteiger partial charge in [0.15, 0.2) is 0 Å². The third-order valence-electron chi connectivity index (χ3n) is 7.30. The van der Waals surface area contributed by atoms with Crippen molar-refractivity contribution < 1.29 is 14.0 Å². The number of benzene rings is 2. The van der Waals surface area contributed by atoms with Crippen LogP contribution in [0.1, 0.15) is 18.4 Å². The van der Waals surface area contributed by atoms with Crippen LogP contribution in [-0.4, -0.2) is 83.0 Å². The fraction of sp³-hybridized carbons (Fsp3) is 0.440. The van der Waals surface area contributed by atoms with E-state index in [1.54, 1.807) is 17.0 Å². The largest absolute Gasteiger partial charge is 0.324 e. The molecule has 1 spiro atoms. The number of carbonyl (C=O) groups excluding carboxylic acids is 2. The molecule has 1 N–H and O–H groups in total. The Labute approximate surface area is 193 Å². The van der Waals surface area contributed by atoms with Gasteiger partial charge in [0.05, 0.1) is 0 Å². The minimum atomic E-state index is -0.370. The third kappa shape index (κ3) is 4.09. The molecule has 3 saturated heterocycles. The number of likely N-dealkylation sites (tertiary alicyclic amines) is 1. The number of likely N-dealkylation sites (N-methyl/N-ethyl adjacent to an activating group) is 1. The Balaban J connectivity index is 1.34. The van der Waals surface area contributed by atoms with Crippen molar-refractivity contribution in [2.45, 2.75) is 31.1 Å². The van der Waals surface area contributed by atoms with E-state index < -0.39 is 0 Å². The summed E-state index contributed by atoms with van der Waals surface area (Å²) in [6, 6.07) is 15.6. The zero-order chi connectivity index (χ0) is 23.0. The van der Waals surface area contributed by atoms with E-state index in [4.69, 9.17) is 0 Å². The molecular weight excluding hydrogens is 421 g/mol. The van der Waals surface area contributed by atoms with Gasteiger partial charge in [0.25, 0.3) is 0 Å². The van der Waals surface area contributed by atoms with Crippen molar-refractivity contribution in [2.24, 2.45) is 0 Å². The number of fused-ring (bicyclic) bond motifs is 2. The second kappa shape index (κ2) is 8.76. The molecule has 3 heterocycles. The van der Waals surface area contributed by atoms with Gasteiger partial charge < -0.3 is 20.0 Å². The lowest BCUT2D eigenvalue weighted by Gasteiger charge is -2.50. The third-order valence-corrected chi connectivity index (χ3v) is 7.30. The van der Waals surface area contributed by atoms with Crippen LogP contribution in [-0.2, 0) is 11.3 Å². The summed E-state index contributed by atoms with van der Waals surface area (Å²) in [7, 11) is 2.07. The van der Waals surface area contributed by atoms with Crippen LogP contribution in [0.5, 0.6) is 0 Å². The van der Waals surface area contributed by atoms with Crippen molar-refractivity contribution in [1.29, 1.82) is 0 Å². The molecule has 3 fully saturated rings. The number of anilines is 1. The van der Waals surface area contributed by atoms with Gasteiger partial charge in [-0.25, -0.2) is 9.18 Å². The Bertz CT molecular complexity index is 1010. The fourth-order valence-electron chi connectivity index (χ4n) is 5.52. The number of urea groups is 1. The molecule has 7 nitrogen and oxygen atoms in total. The molecule has 3 aliphatic heterocycles. The van der Waals surface area contributed by atoms with Crippen molar-refractivity contribution in [3.8, 4) is 0 Å². The van der Waals surface area contributed by atoms with Crippen LogP contribution in [0.3, 0.4) is 0 Å². The number of nitrogens with zero attached hydrogens (tertiary/aromatic N) is 4. The summed E-state index contributed by atoms with van der Waals surface area (Å²) in [5, 5.41) is 2.86. The molecule has 8 heteroatoms. The van der Waals surface area contributed by atoms with Gasteiger partial charge in [0, 0.05) is 57.8 Å². The number of amides is 3. The molecule has 0 unspecified atom stereocenters. The first-order valence-electron chi connectivity index (χ1n) is 11.6. The summed E-state index contributed by atoms with van der Waals surface area (Å²) in [6.07, 6.45) is 1.42. The molecule has 2 aromatic rings. The molecule has 0 saturated carbocycles. The molecule has 0 bridgehead atoms. The van der Waals surface area contributed by atoms with Gasteiger partial charge >= 0.3 is 6.03 Å². The Morgan fingerprint density at radius 1 is 1.03 bits per heavy atom. The summed E-state index contributed by atoms with van der Waals surface area (Å²) in [4.78, 5) is 34.9. The van der Waals surface area contributed by atoms with Crippen LogP contribution < -0.4 is 5.32 Å². The monoisotopic (exact) mass is 451 g/mol. The highest BCUT2D eigenvalue weighted by Crippen LogP contribution is 2.42. The Hall–Kier alpha value is -2.97. The minimum Gasteiger partial charge on any atom is -0.324 e. The molecule has 1 atom stereocenters. The lowest BCUT2D eigenvalue weighted by Crippen LogP contribution is -2.63. The first-order chi connectivity index (χ1) is 16.0. The molecule has 0 aliphatic carbocycles. The van der Waals surface area contributed by atoms with Crippen LogP contribution in [0.25, 0.3) is 0 Å². The highest BCUT2D eigenvalue weighted by molar-refractivity contribution is 5.89. The number of carbonyl (C=O) groups is 2. The molecule has 5 rings (SSSR count). The number of nitrogens with one attached hydrogen (secondary N) is 1.